The number of nitrogens with zero attached hydrogens (tertiary/aromatic N) is 1. The average Bonchev–Trinajstić information content (AvgIpc) is 3.35. The van der Waals surface area contributed by atoms with Crippen LogP contribution in [0.1, 0.15) is 37.9 Å². The molecule has 0 spiro atoms. The van der Waals surface area contributed by atoms with Gasteiger partial charge in [-0.15, -0.1) is 0 Å². The van der Waals surface area contributed by atoms with Crippen molar-refractivity contribution in [1.82, 2.24) is 4.90 Å². The maximum atomic E-state index is 10.6. The monoisotopic (exact) mass is 419 g/mol. The Bertz CT molecular complexity index is 647. The van der Waals surface area contributed by atoms with Gasteiger partial charge in [0.25, 0.3) is 0 Å². The van der Waals surface area contributed by atoms with E-state index in [-0.39, 0.29) is 5.41 Å². The predicted molar refractivity (Wildman–Crippen MR) is 97.2 cm³/mol. The van der Waals surface area contributed by atoms with E-state index in [0.29, 0.717) is 6.10 Å². The molecule has 2 aliphatic heterocycles. The molecule has 1 aromatic rings. The molecule has 2 atom stereocenters. The third-order valence-electron chi connectivity index (χ3n) is 5.71. The third kappa shape index (κ3) is 6.45. The lowest BCUT2D eigenvalue weighted by molar-refractivity contribution is -0.192. The topological polar surface area (TPSA) is 72.1 Å². The second-order valence-corrected chi connectivity index (χ2v) is 8.17. The number of fused-ring (bicyclic) bond motifs is 1. The molecule has 4 rings (SSSR count). The van der Waals surface area contributed by atoms with Crippen molar-refractivity contribution in [3.05, 3.63) is 24.2 Å². The van der Waals surface area contributed by atoms with Crippen molar-refractivity contribution in [1.29, 1.82) is 0 Å². The Labute approximate surface area is 167 Å². The van der Waals surface area contributed by atoms with Crippen molar-refractivity contribution in [2.45, 2.75) is 50.9 Å². The Hall–Kier alpha value is -1.58. The van der Waals surface area contributed by atoms with Crippen molar-refractivity contribution in [3.63, 3.8) is 0 Å². The molecule has 1 aliphatic carbocycles. The minimum atomic E-state index is -5.08. The first-order valence-corrected chi connectivity index (χ1v) is 10.0. The molecule has 6 nitrogen and oxygen atoms in total. The van der Waals surface area contributed by atoms with Crippen LogP contribution in [0.25, 0.3) is 0 Å². The third-order valence-corrected chi connectivity index (χ3v) is 5.71. The van der Waals surface area contributed by atoms with Crippen LogP contribution in [0.2, 0.25) is 0 Å². The van der Waals surface area contributed by atoms with Gasteiger partial charge in [0.2, 0.25) is 0 Å². The highest BCUT2D eigenvalue weighted by atomic mass is 19.4. The first kappa shape index (κ1) is 22.1. The molecule has 9 heteroatoms. The molecule has 1 N–H and O–H groups in total. The number of carbonyl (C=O) groups is 1. The van der Waals surface area contributed by atoms with Crippen LogP contribution in [0.3, 0.4) is 0 Å². The van der Waals surface area contributed by atoms with E-state index in [1.807, 2.05) is 6.07 Å². The Morgan fingerprint density at radius 2 is 2.10 bits per heavy atom. The number of halogens is 3. The van der Waals surface area contributed by atoms with Gasteiger partial charge in [-0.05, 0) is 50.2 Å². The maximum Gasteiger partial charge on any atom is 0.490 e. The van der Waals surface area contributed by atoms with Gasteiger partial charge in [0.1, 0.15) is 5.76 Å². The molecule has 2 unspecified atom stereocenters. The Morgan fingerprint density at radius 1 is 1.34 bits per heavy atom. The van der Waals surface area contributed by atoms with Crippen molar-refractivity contribution < 1.29 is 37.0 Å². The molecule has 0 aromatic carbocycles. The molecule has 1 saturated carbocycles. The molecule has 1 aromatic heterocycles. The molecule has 3 heterocycles. The van der Waals surface area contributed by atoms with Gasteiger partial charge in [0.05, 0.1) is 25.5 Å². The van der Waals surface area contributed by atoms with E-state index in [2.05, 4.69) is 11.0 Å². The summed E-state index contributed by atoms with van der Waals surface area (Å²) in [4.78, 5) is 11.4. The normalized spacial score (nSPS) is 27.6. The number of carboxylic acids is 1. The molecule has 29 heavy (non-hydrogen) atoms. The molecule has 0 amide bonds. The number of piperidine rings is 1. The minimum Gasteiger partial charge on any atom is -0.475 e. The highest BCUT2D eigenvalue weighted by molar-refractivity contribution is 5.73. The van der Waals surface area contributed by atoms with Crippen LogP contribution < -0.4 is 0 Å². The number of furan rings is 1. The summed E-state index contributed by atoms with van der Waals surface area (Å²) >= 11 is 0. The fourth-order valence-corrected chi connectivity index (χ4v) is 4.06. The molecular weight excluding hydrogens is 391 g/mol. The molecule has 3 fully saturated rings. The van der Waals surface area contributed by atoms with Crippen molar-refractivity contribution in [2.75, 3.05) is 32.9 Å². The zero-order valence-electron chi connectivity index (χ0n) is 16.3. The number of carboxylic acid groups (broad SMARTS) is 1. The SMILES string of the molecule is O=C(O)C(F)(F)F.c1coc(CN2CCC3OCCCC3(COCC3CC3)C2)c1. The van der Waals surface area contributed by atoms with Gasteiger partial charge in [-0.1, -0.05) is 0 Å². The van der Waals surface area contributed by atoms with Crippen molar-refractivity contribution >= 4 is 5.97 Å². The van der Waals surface area contributed by atoms with E-state index < -0.39 is 12.1 Å². The lowest BCUT2D eigenvalue weighted by Gasteiger charge is -2.50. The summed E-state index contributed by atoms with van der Waals surface area (Å²) in [5, 5.41) is 7.12. The van der Waals surface area contributed by atoms with E-state index >= 15 is 0 Å². The van der Waals surface area contributed by atoms with Gasteiger partial charge < -0.3 is 19.0 Å². The van der Waals surface area contributed by atoms with Crippen molar-refractivity contribution in [2.24, 2.45) is 11.3 Å². The largest absolute Gasteiger partial charge is 0.490 e. The number of likely N-dealkylation sites (tertiary alicyclic amines) is 1. The standard InChI is InChI=1S/C18H27NO3.C2HF3O2/c1-3-16(21-9-1)11-19-8-6-17-18(13-19,7-2-10-22-17)14-20-12-15-4-5-15;3-2(4,5)1(6)7/h1,3,9,15,17H,2,4-8,10-14H2;(H,6,7). The zero-order valence-corrected chi connectivity index (χ0v) is 16.3. The van der Waals surface area contributed by atoms with Gasteiger partial charge >= 0.3 is 12.1 Å². The Kier molecular flexibility index (Phi) is 7.23. The number of hydrogen-bond acceptors (Lipinski definition) is 5. The van der Waals surface area contributed by atoms with E-state index in [9.17, 15) is 13.2 Å². The highest BCUT2D eigenvalue weighted by Crippen LogP contribution is 2.41. The number of alkyl halides is 3. The first-order chi connectivity index (χ1) is 13.8. The van der Waals surface area contributed by atoms with Gasteiger partial charge in [-0.2, -0.15) is 13.2 Å². The molecule has 164 valence electrons. The average molecular weight is 419 g/mol. The summed E-state index contributed by atoms with van der Waals surface area (Å²) in [5.41, 5.74) is 0.192. The summed E-state index contributed by atoms with van der Waals surface area (Å²) in [6.45, 7) is 5.81. The second kappa shape index (κ2) is 9.49. The van der Waals surface area contributed by atoms with Crippen LogP contribution in [-0.2, 0) is 20.8 Å². The maximum absolute atomic E-state index is 10.6. The summed E-state index contributed by atoms with van der Waals surface area (Å²) in [6, 6.07) is 4.04. The van der Waals surface area contributed by atoms with Crippen LogP contribution in [0.5, 0.6) is 0 Å². The summed E-state index contributed by atoms with van der Waals surface area (Å²) < 4.78 is 49.5. The van der Waals surface area contributed by atoms with Crippen LogP contribution >= 0.6 is 0 Å². The van der Waals surface area contributed by atoms with E-state index in [1.165, 1.54) is 19.3 Å². The predicted octanol–water partition coefficient (Wildman–Crippen LogP) is 3.71. The van der Waals surface area contributed by atoms with Crippen LogP contribution in [0, 0.1) is 11.3 Å². The van der Waals surface area contributed by atoms with Crippen LogP contribution in [0.15, 0.2) is 22.8 Å². The lowest BCUT2D eigenvalue weighted by Crippen LogP contribution is -2.56. The molecule has 0 bridgehead atoms. The quantitative estimate of drug-likeness (QED) is 0.758. The lowest BCUT2D eigenvalue weighted by atomic mass is 9.73. The minimum absolute atomic E-state index is 0.192. The zero-order chi connectivity index (χ0) is 20.9. The number of hydrogen-bond donors (Lipinski definition) is 1. The van der Waals surface area contributed by atoms with Gasteiger partial charge in [0.15, 0.2) is 0 Å². The molecule has 2 saturated heterocycles. The van der Waals surface area contributed by atoms with Crippen molar-refractivity contribution in [3.8, 4) is 0 Å². The number of aliphatic carboxylic acids is 1. The van der Waals surface area contributed by atoms with Crippen LogP contribution in [0.4, 0.5) is 13.2 Å². The van der Waals surface area contributed by atoms with E-state index in [1.54, 1.807) is 6.26 Å². The summed E-state index contributed by atoms with van der Waals surface area (Å²) in [5.74, 6) is -0.862. The van der Waals surface area contributed by atoms with Gasteiger partial charge in [-0.25, -0.2) is 4.79 Å². The van der Waals surface area contributed by atoms with E-state index in [4.69, 9.17) is 23.8 Å². The molecule has 0 radical (unpaired) electrons. The van der Waals surface area contributed by atoms with E-state index in [0.717, 1.165) is 64.0 Å². The fraction of sp³-hybridized carbons (Fsp3) is 0.750. The number of ether oxygens (including phenoxy) is 2. The Balaban J connectivity index is 0.000000298. The fourth-order valence-electron chi connectivity index (χ4n) is 4.06. The summed E-state index contributed by atoms with van der Waals surface area (Å²) in [7, 11) is 0. The first-order valence-electron chi connectivity index (χ1n) is 10.0. The smallest absolute Gasteiger partial charge is 0.475 e. The highest BCUT2D eigenvalue weighted by Gasteiger charge is 2.46. The van der Waals surface area contributed by atoms with Crippen LogP contribution in [-0.4, -0.2) is 61.2 Å². The molecular formula is C20H28F3NO5. The number of rotatable bonds is 6. The van der Waals surface area contributed by atoms with Gasteiger partial charge in [-0.3, -0.25) is 4.90 Å². The molecule has 3 aliphatic rings. The van der Waals surface area contributed by atoms with Gasteiger partial charge in [0, 0.05) is 31.7 Å². The second-order valence-electron chi connectivity index (χ2n) is 8.17. The summed E-state index contributed by atoms with van der Waals surface area (Å²) in [6.07, 6.45) is 3.30. The Morgan fingerprint density at radius 3 is 2.72 bits per heavy atom.